The van der Waals surface area contributed by atoms with Gasteiger partial charge in [0.2, 0.25) is 17.7 Å². The highest BCUT2D eigenvalue weighted by Gasteiger charge is 2.28. The number of azide groups is 1. The fourth-order valence-electron chi connectivity index (χ4n) is 3.83. The molecule has 17 heteroatoms. The van der Waals surface area contributed by atoms with Crippen molar-refractivity contribution in [2.75, 3.05) is 71.3 Å². The van der Waals surface area contributed by atoms with E-state index in [1.807, 2.05) is 0 Å². The summed E-state index contributed by atoms with van der Waals surface area (Å²) in [6.45, 7) is 6.47. The summed E-state index contributed by atoms with van der Waals surface area (Å²) in [7, 11) is 0. The molecule has 1 aromatic carbocycles. The van der Waals surface area contributed by atoms with Crippen LogP contribution in [0.25, 0.3) is 10.4 Å². The van der Waals surface area contributed by atoms with Crippen molar-refractivity contribution in [2.45, 2.75) is 51.8 Å². The highest BCUT2D eigenvalue weighted by atomic mass is 16.6. The molecule has 0 aromatic heterocycles. The lowest BCUT2D eigenvalue weighted by atomic mass is 10.0. The number of nitrogens with two attached hydrogens (primary N) is 1. The minimum Gasteiger partial charge on any atom is -0.392 e. The van der Waals surface area contributed by atoms with Crippen LogP contribution in [0.4, 0.5) is 10.5 Å². The van der Waals surface area contributed by atoms with Crippen LogP contribution in [-0.4, -0.2) is 107 Å². The van der Waals surface area contributed by atoms with Gasteiger partial charge >= 0.3 is 6.03 Å². The number of amides is 5. The van der Waals surface area contributed by atoms with Gasteiger partial charge in [-0.25, -0.2) is 4.79 Å². The molecular formula is C29H48N8O9. The van der Waals surface area contributed by atoms with E-state index in [2.05, 4.69) is 31.3 Å². The van der Waals surface area contributed by atoms with Crippen LogP contribution >= 0.6 is 0 Å². The Hall–Kier alpha value is -3.99. The SMILES string of the molecule is CC(C)[C@H](NC(=O)CCOCCOCCOCCOCCN=[N+]=[N-])C(=O)N[C@@H](CCCNC(N)=O)C(=O)Nc1ccc(CO)cc1. The van der Waals surface area contributed by atoms with Crippen LogP contribution in [-0.2, 0) is 39.9 Å². The van der Waals surface area contributed by atoms with Gasteiger partial charge in [0.25, 0.3) is 0 Å². The number of carbonyl (C=O) groups is 4. The summed E-state index contributed by atoms with van der Waals surface area (Å²) in [6.07, 6.45) is 0.571. The normalized spacial score (nSPS) is 12.1. The lowest BCUT2D eigenvalue weighted by Crippen LogP contribution is -2.54. The van der Waals surface area contributed by atoms with Gasteiger partial charge in [0.1, 0.15) is 12.1 Å². The zero-order chi connectivity index (χ0) is 34.0. The number of benzene rings is 1. The zero-order valence-corrected chi connectivity index (χ0v) is 26.6. The van der Waals surface area contributed by atoms with Crippen molar-refractivity contribution in [1.82, 2.24) is 16.0 Å². The summed E-state index contributed by atoms with van der Waals surface area (Å²) >= 11 is 0. The maximum absolute atomic E-state index is 13.2. The van der Waals surface area contributed by atoms with Gasteiger partial charge in [-0.15, -0.1) is 0 Å². The summed E-state index contributed by atoms with van der Waals surface area (Å²) in [5, 5.41) is 23.2. The van der Waals surface area contributed by atoms with E-state index in [4.69, 9.17) is 30.2 Å². The minimum atomic E-state index is -0.963. The lowest BCUT2D eigenvalue weighted by molar-refractivity contribution is -0.132. The topological polar surface area (TPSA) is 248 Å². The van der Waals surface area contributed by atoms with Crippen LogP contribution in [0.5, 0.6) is 0 Å². The third-order valence-corrected chi connectivity index (χ3v) is 6.26. The quantitative estimate of drug-likeness (QED) is 0.0360. The molecule has 0 aliphatic carbocycles. The molecule has 0 radical (unpaired) electrons. The highest BCUT2D eigenvalue weighted by Crippen LogP contribution is 2.12. The summed E-state index contributed by atoms with van der Waals surface area (Å²) < 4.78 is 21.4. The van der Waals surface area contributed by atoms with Crippen LogP contribution in [0.3, 0.4) is 0 Å². The molecule has 0 aliphatic rings. The highest BCUT2D eigenvalue weighted by molar-refractivity contribution is 5.98. The van der Waals surface area contributed by atoms with Gasteiger partial charge in [-0.3, -0.25) is 14.4 Å². The van der Waals surface area contributed by atoms with Crippen LogP contribution in [0.1, 0.15) is 38.7 Å². The summed E-state index contributed by atoms with van der Waals surface area (Å²) in [6, 6.07) is 4.02. The average molecular weight is 653 g/mol. The summed E-state index contributed by atoms with van der Waals surface area (Å²) in [5.74, 6) is -1.68. The number of rotatable bonds is 26. The average Bonchev–Trinajstić information content (AvgIpc) is 3.03. The molecule has 17 nitrogen and oxygen atoms in total. The number of primary amides is 1. The van der Waals surface area contributed by atoms with Crippen molar-refractivity contribution in [3.05, 3.63) is 40.3 Å². The number of anilines is 1. The van der Waals surface area contributed by atoms with E-state index in [0.717, 1.165) is 0 Å². The second-order valence-electron chi connectivity index (χ2n) is 10.3. The van der Waals surface area contributed by atoms with Gasteiger partial charge in [-0.05, 0) is 42.0 Å². The molecule has 0 saturated heterocycles. The molecule has 0 fully saturated rings. The number of urea groups is 1. The van der Waals surface area contributed by atoms with Crippen molar-refractivity contribution < 1.29 is 43.2 Å². The van der Waals surface area contributed by atoms with E-state index in [9.17, 15) is 24.3 Å². The molecule has 46 heavy (non-hydrogen) atoms. The third kappa shape index (κ3) is 19.4. The second-order valence-corrected chi connectivity index (χ2v) is 10.3. The van der Waals surface area contributed by atoms with E-state index < -0.39 is 29.9 Å². The standard InChI is InChI=1S/C29H48N8O9/c1-21(2)26(36-25(39)9-12-43-14-16-45-18-19-46-17-15-44-13-11-33-37-31)28(41)35-24(4-3-10-32-29(30)42)27(40)34-23-7-5-22(20-38)6-8-23/h5-8,21,24,26,38H,3-4,9-20H2,1-2H3,(H,34,40)(H,35,41)(H,36,39)(H3,30,32,42)/t24-,26-/m0/s1. The predicted octanol–water partition coefficient (Wildman–Crippen LogP) is 0.958. The molecule has 0 spiro atoms. The van der Waals surface area contributed by atoms with Crippen LogP contribution in [0.2, 0.25) is 0 Å². The van der Waals surface area contributed by atoms with Gasteiger partial charge in [-0.2, -0.15) is 0 Å². The summed E-state index contributed by atoms with van der Waals surface area (Å²) in [5.41, 5.74) is 14.4. The Labute approximate surface area is 268 Å². The summed E-state index contributed by atoms with van der Waals surface area (Å²) in [4.78, 5) is 52.5. The number of nitrogens with one attached hydrogen (secondary N) is 4. The molecule has 0 aliphatic heterocycles. The van der Waals surface area contributed by atoms with Gasteiger partial charge in [0.15, 0.2) is 0 Å². The number of aliphatic hydroxyl groups excluding tert-OH is 1. The van der Waals surface area contributed by atoms with Crippen molar-refractivity contribution in [2.24, 2.45) is 16.8 Å². The maximum Gasteiger partial charge on any atom is 0.312 e. The third-order valence-electron chi connectivity index (χ3n) is 6.26. The molecule has 1 rings (SSSR count). The lowest BCUT2D eigenvalue weighted by Gasteiger charge is -2.25. The molecule has 1 aromatic rings. The van der Waals surface area contributed by atoms with Gasteiger partial charge in [-0.1, -0.05) is 31.1 Å². The van der Waals surface area contributed by atoms with Crippen molar-refractivity contribution in [3.63, 3.8) is 0 Å². The first kappa shape index (κ1) is 40.0. The zero-order valence-electron chi connectivity index (χ0n) is 26.6. The van der Waals surface area contributed by atoms with E-state index in [1.165, 1.54) is 0 Å². The maximum atomic E-state index is 13.2. The fraction of sp³-hybridized carbons (Fsp3) is 0.655. The number of hydrogen-bond donors (Lipinski definition) is 6. The first-order valence-corrected chi connectivity index (χ1v) is 15.1. The molecule has 0 bridgehead atoms. The number of ether oxygens (including phenoxy) is 4. The molecular weight excluding hydrogens is 604 g/mol. The Morgan fingerprint density at radius 3 is 2.02 bits per heavy atom. The second kappa shape index (κ2) is 25.2. The minimum absolute atomic E-state index is 0.0197. The largest absolute Gasteiger partial charge is 0.392 e. The van der Waals surface area contributed by atoms with Crippen molar-refractivity contribution in [1.29, 1.82) is 0 Å². The van der Waals surface area contributed by atoms with E-state index in [1.54, 1.807) is 38.1 Å². The smallest absolute Gasteiger partial charge is 0.312 e. The van der Waals surface area contributed by atoms with Crippen LogP contribution < -0.4 is 27.0 Å². The molecule has 7 N–H and O–H groups in total. The predicted molar refractivity (Wildman–Crippen MR) is 168 cm³/mol. The van der Waals surface area contributed by atoms with E-state index in [-0.39, 0.29) is 57.6 Å². The molecule has 0 saturated carbocycles. The Balaban J connectivity index is 2.45. The van der Waals surface area contributed by atoms with E-state index in [0.29, 0.717) is 57.3 Å². The van der Waals surface area contributed by atoms with Crippen molar-refractivity contribution in [3.8, 4) is 0 Å². The Kier molecular flexibility index (Phi) is 22.0. The molecule has 5 amide bonds. The molecule has 2 atom stereocenters. The van der Waals surface area contributed by atoms with Gasteiger partial charge in [0.05, 0.1) is 59.5 Å². The number of carbonyl (C=O) groups excluding carboxylic acids is 4. The Morgan fingerprint density at radius 2 is 1.48 bits per heavy atom. The Morgan fingerprint density at radius 1 is 0.891 bits per heavy atom. The van der Waals surface area contributed by atoms with Crippen LogP contribution in [0.15, 0.2) is 29.4 Å². The van der Waals surface area contributed by atoms with Gasteiger partial charge in [0, 0.05) is 30.1 Å². The van der Waals surface area contributed by atoms with Crippen LogP contribution in [0, 0.1) is 5.92 Å². The van der Waals surface area contributed by atoms with Gasteiger partial charge < -0.3 is 51.1 Å². The molecule has 258 valence electrons. The molecule has 0 heterocycles. The fourth-order valence-corrected chi connectivity index (χ4v) is 3.83. The Bertz CT molecular complexity index is 1080. The van der Waals surface area contributed by atoms with Crippen molar-refractivity contribution >= 4 is 29.4 Å². The number of hydrogen-bond acceptors (Lipinski definition) is 10. The van der Waals surface area contributed by atoms with E-state index >= 15 is 0 Å². The molecule has 0 unspecified atom stereocenters. The number of aliphatic hydroxyl groups is 1. The number of nitrogens with zero attached hydrogens (tertiary/aromatic N) is 3. The first-order chi connectivity index (χ1) is 22.2. The first-order valence-electron chi connectivity index (χ1n) is 15.1. The monoisotopic (exact) mass is 652 g/mol.